The van der Waals surface area contributed by atoms with Gasteiger partial charge in [-0.2, -0.15) is 5.10 Å². The van der Waals surface area contributed by atoms with E-state index in [0.29, 0.717) is 17.8 Å². The van der Waals surface area contributed by atoms with Crippen molar-refractivity contribution >= 4 is 17.3 Å². The Labute approximate surface area is 116 Å². The van der Waals surface area contributed by atoms with Crippen LogP contribution >= 0.6 is 0 Å². The van der Waals surface area contributed by atoms with Gasteiger partial charge in [-0.1, -0.05) is 6.92 Å². The number of aromatic nitrogens is 3. The van der Waals surface area contributed by atoms with Gasteiger partial charge in [-0.15, -0.1) is 0 Å². The van der Waals surface area contributed by atoms with Crippen molar-refractivity contribution in [2.24, 2.45) is 7.05 Å². The standard InChI is InChI=1S/C13H17N5O2/c1-3-10-11(7-17(2)16-10)15-12(19)8-18-6-9(14)4-5-13(18)20/h4-7H,3,8,14H2,1-2H3,(H,15,19). The first kappa shape index (κ1) is 13.9. The molecule has 0 bridgehead atoms. The van der Waals surface area contributed by atoms with Gasteiger partial charge in [0.25, 0.3) is 5.56 Å². The summed E-state index contributed by atoms with van der Waals surface area (Å²) in [6.07, 6.45) is 3.90. The van der Waals surface area contributed by atoms with Crippen molar-refractivity contribution in [2.75, 3.05) is 11.1 Å². The molecule has 0 saturated heterocycles. The van der Waals surface area contributed by atoms with Crippen molar-refractivity contribution in [3.63, 3.8) is 0 Å². The van der Waals surface area contributed by atoms with Gasteiger partial charge < -0.3 is 15.6 Å². The number of aryl methyl sites for hydroxylation is 2. The minimum Gasteiger partial charge on any atom is -0.398 e. The van der Waals surface area contributed by atoms with Crippen LogP contribution in [0.5, 0.6) is 0 Å². The molecule has 0 aliphatic rings. The highest BCUT2D eigenvalue weighted by Crippen LogP contribution is 2.13. The third kappa shape index (κ3) is 3.05. The SMILES string of the molecule is CCc1nn(C)cc1NC(=O)Cn1cc(N)ccc1=O. The Balaban J connectivity index is 2.13. The zero-order chi connectivity index (χ0) is 14.7. The van der Waals surface area contributed by atoms with E-state index >= 15 is 0 Å². The summed E-state index contributed by atoms with van der Waals surface area (Å²) in [6.45, 7) is 1.88. The molecule has 0 aromatic carbocycles. The maximum absolute atomic E-state index is 12.0. The first-order valence-corrected chi connectivity index (χ1v) is 6.28. The summed E-state index contributed by atoms with van der Waals surface area (Å²) in [7, 11) is 1.79. The lowest BCUT2D eigenvalue weighted by atomic mass is 10.3. The second-order valence-electron chi connectivity index (χ2n) is 4.49. The average molecular weight is 275 g/mol. The van der Waals surface area contributed by atoms with Crippen LogP contribution in [0.2, 0.25) is 0 Å². The topological polar surface area (TPSA) is 94.9 Å². The Bertz CT molecular complexity index is 686. The summed E-state index contributed by atoms with van der Waals surface area (Å²) in [4.78, 5) is 23.6. The van der Waals surface area contributed by atoms with E-state index < -0.39 is 0 Å². The predicted octanol–water partition coefficient (Wildman–Crippen LogP) is 0.365. The van der Waals surface area contributed by atoms with Gasteiger partial charge in [0.15, 0.2) is 0 Å². The lowest BCUT2D eigenvalue weighted by Gasteiger charge is -2.07. The van der Waals surface area contributed by atoms with Crippen LogP contribution in [-0.4, -0.2) is 20.3 Å². The second-order valence-corrected chi connectivity index (χ2v) is 4.49. The lowest BCUT2D eigenvalue weighted by Crippen LogP contribution is -2.27. The Morgan fingerprint density at radius 3 is 2.85 bits per heavy atom. The molecule has 0 fully saturated rings. The molecule has 0 unspecified atom stereocenters. The molecule has 7 nitrogen and oxygen atoms in total. The summed E-state index contributed by atoms with van der Waals surface area (Å²) < 4.78 is 2.91. The van der Waals surface area contributed by atoms with Crippen LogP contribution in [0.1, 0.15) is 12.6 Å². The molecule has 0 aliphatic heterocycles. The predicted molar refractivity (Wildman–Crippen MR) is 76.3 cm³/mol. The van der Waals surface area contributed by atoms with E-state index in [1.165, 1.54) is 22.9 Å². The molecule has 0 aliphatic carbocycles. The first-order valence-electron chi connectivity index (χ1n) is 6.28. The van der Waals surface area contributed by atoms with E-state index in [9.17, 15) is 9.59 Å². The lowest BCUT2D eigenvalue weighted by molar-refractivity contribution is -0.116. The van der Waals surface area contributed by atoms with Gasteiger partial charge in [-0.3, -0.25) is 14.3 Å². The zero-order valence-corrected chi connectivity index (χ0v) is 11.5. The molecule has 2 rings (SSSR count). The molecule has 0 atom stereocenters. The van der Waals surface area contributed by atoms with E-state index in [1.807, 2.05) is 6.92 Å². The minimum absolute atomic E-state index is 0.0814. The van der Waals surface area contributed by atoms with E-state index in [1.54, 1.807) is 17.9 Å². The molecule has 1 amide bonds. The Kier molecular flexibility index (Phi) is 3.88. The fourth-order valence-electron chi connectivity index (χ4n) is 1.92. The van der Waals surface area contributed by atoms with Crippen molar-refractivity contribution < 1.29 is 4.79 Å². The quantitative estimate of drug-likeness (QED) is 0.842. The van der Waals surface area contributed by atoms with Gasteiger partial charge in [0, 0.05) is 31.2 Å². The van der Waals surface area contributed by atoms with Crippen LogP contribution in [0.25, 0.3) is 0 Å². The monoisotopic (exact) mass is 275 g/mol. The maximum Gasteiger partial charge on any atom is 0.251 e. The largest absolute Gasteiger partial charge is 0.398 e. The fourth-order valence-corrected chi connectivity index (χ4v) is 1.92. The molecule has 2 aromatic rings. The first-order chi connectivity index (χ1) is 9.49. The molecule has 3 N–H and O–H groups in total. The number of amides is 1. The van der Waals surface area contributed by atoms with Gasteiger partial charge in [0.2, 0.25) is 5.91 Å². The highest BCUT2D eigenvalue weighted by atomic mass is 16.2. The van der Waals surface area contributed by atoms with Crippen LogP contribution in [0, 0.1) is 0 Å². The van der Waals surface area contributed by atoms with Crippen molar-refractivity contribution in [1.29, 1.82) is 0 Å². The van der Waals surface area contributed by atoms with Gasteiger partial charge in [-0.05, 0) is 12.5 Å². The normalized spacial score (nSPS) is 10.5. The Hall–Kier alpha value is -2.57. The number of carbonyl (C=O) groups is 1. The van der Waals surface area contributed by atoms with Gasteiger partial charge in [0.05, 0.1) is 11.4 Å². The number of nitrogens with two attached hydrogens (primary N) is 1. The van der Waals surface area contributed by atoms with Crippen LogP contribution in [0.4, 0.5) is 11.4 Å². The maximum atomic E-state index is 12.0. The third-order valence-electron chi connectivity index (χ3n) is 2.83. The molecule has 0 saturated carbocycles. The summed E-state index contributed by atoms with van der Waals surface area (Å²) in [5.74, 6) is -0.291. The van der Waals surface area contributed by atoms with Crippen molar-refractivity contribution in [2.45, 2.75) is 19.9 Å². The van der Waals surface area contributed by atoms with Crippen LogP contribution in [0.15, 0.2) is 29.3 Å². The van der Waals surface area contributed by atoms with Gasteiger partial charge in [-0.25, -0.2) is 0 Å². The number of pyridine rings is 1. The van der Waals surface area contributed by atoms with Crippen LogP contribution < -0.4 is 16.6 Å². The molecule has 2 aromatic heterocycles. The van der Waals surface area contributed by atoms with E-state index in [2.05, 4.69) is 10.4 Å². The molecule has 106 valence electrons. The summed E-state index contributed by atoms with van der Waals surface area (Å²) >= 11 is 0. The fraction of sp³-hybridized carbons (Fsp3) is 0.308. The molecule has 0 radical (unpaired) electrons. The zero-order valence-electron chi connectivity index (χ0n) is 11.5. The summed E-state index contributed by atoms with van der Waals surface area (Å²) in [6, 6.07) is 2.84. The number of nitrogens with zero attached hydrogens (tertiary/aromatic N) is 3. The van der Waals surface area contributed by atoms with Gasteiger partial charge in [0.1, 0.15) is 6.54 Å². The number of hydrogen-bond donors (Lipinski definition) is 2. The average Bonchev–Trinajstić information content (AvgIpc) is 2.74. The number of nitrogens with one attached hydrogen (secondary N) is 1. The number of rotatable bonds is 4. The van der Waals surface area contributed by atoms with E-state index in [4.69, 9.17) is 5.73 Å². The van der Waals surface area contributed by atoms with Crippen LogP contribution in [-0.2, 0) is 24.8 Å². The Morgan fingerprint density at radius 1 is 1.40 bits per heavy atom. The van der Waals surface area contributed by atoms with Crippen molar-refractivity contribution in [3.8, 4) is 0 Å². The molecule has 7 heteroatoms. The molecular weight excluding hydrogens is 258 g/mol. The number of carbonyl (C=O) groups excluding carboxylic acids is 1. The summed E-state index contributed by atoms with van der Waals surface area (Å²) in [5.41, 5.74) is 7.24. The molecule has 2 heterocycles. The number of nitrogen functional groups attached to an aromatic ring is 1. The number of anilines is 2. The molecular formula is C13H17N5O2. The third-order valence-corrected chi connectivity index (χ3v) is 2.83. The highest BCUT2D eigenvalue weighted by Gasteiger charge is 2.10. The van der Waals surface area contributed by atoms with Gasteiger partial charge >= 0.3 is 0 Å². The minimum atomic E-state index is -0.291. The van der Waals surface area contributed by atoms with E-state index in [0.717, 1.165) is 5.69 Å². The molecule has 0 spiro atoms. The van der Waals surface area contributed by atoms with Crippen molar-refractivity contribution in [1.82, 2.24) is 14.3 Å². The molecule has 20 heavy (non-hydrogen) atoms. The number of hydrogen-bond acceptors (Lipinski definition) is 4. The van der Waals surface area contributed by atoms with E-state index in [-0.39, 0.29) is 18.0 Å². The Morgan fingerprint density at radius 2 is 2.15 bits per heavy atom. The second kappa shape index (κ2) is 5.60. The smallest absolute Gasteiger partial charge is 0.251 e. The van der Waals surface area contributed by atoms with Crippen LogP contribution in [0.3, 0.4) is 0 Å². The summed E-state index contributed by atoms with van der Waals surface area (Å²) in [5, 5.41) is 6.99. The van der Waals surface area contributed by atoms with Crippen molar-refractivity contribution in [3.05, 3.63) is 40.6 Å². The highest BCUT2D eigenvalue weighted by molar-refractivity contribution is 5.91.